The molecule has 14 nitrogen and oxygen atoms in total. The molecule has 45 heavy (non-hydrogen) atoms. The molecular formula is C31H51N5O9. The number of rotatable bonds is 18. The van der Waals surface area contributed by atoms with Crippen molar-refractivity contribution in [3.8, 4) is 0 Å². The summed E-state index contributed by atoms with van der Waals surface area (Å²) in [7, 11) is 0. The van der Waals surface area contributed by atoms with Crippen LogP contribution in [0.25, 0.3) is 0 Å². The van der Waals surface area contributed by atoms with E-state index in [2.05, 4.69) is 27.8 Å². The van der Waals surface area contributed by atoms with E-state index < -0.39 is 72.2 Å². The summed E-state index contributed by atoms with van der Waals surface area (Å²) in [6.07, 6.45) is 2.09. The number of carbonyl (C=O) groups is 7. The maximum absolute atomic E-state index is 13.7. The Kier molecular flexibility index (Phi) is 16.9. The van der Waals surface area contributed by atoms with Crippen molar-refractivity contribution in [3.05, 3.63) is 12.7 Å². The van der Waals surface area contributed by atoms with E-state index >= 15 is 0 Å². The summed E-state index contributed by atoms with van der Waals surface area (Å²) in [6.45, 7) is 15.9. The Balaban J connectivity index is 2.98. The molecule has 1 aliphatic rings. The molecule has 0 saturated carbocycles. The Morgan fingerprint density at radius 2 is 1.56 bits per heavy atom. The number of nitrogens with one attached hydrogen (secondary N) is 4. The second-order valence-electron chi connectivity index (χ2n) is 12.1. The molecule has 0 spiro atoms. The molecule has 0 bridgehead atoms. The maximum atomic E-state index is 13.7. The predicted octanol–water partition coefficient (Wildman–Crippen LogP) is 1.22. The van der Waals surface area contributed by atoms with Gasteiger partial charge in [-0.2, -0.15) is 0 Å². The van der Waals surface area contributed by atoms with Crippen LogP contribution in [-0.4, -0.2) is 96.8 Å². The van der Waals surface area contributed by atoms with E-state index in [1.807, 2.05) is 13.8 Å². The number of Topliss-reactive ketones (excluding diaryl/α,β-unsaturated/α-hetero) is 1. The lowest BCUT2D eigenvalue weighted by Crippen LogP contribution is -2.59. The minimum Gasteiger partial charge on any atom is -0.460 e. The first-order valence-electron chi connectivity index (χ1n) is 15.6. The van der Waals surface area contributed by atoms with Crippen LogP contribution in [0, 0.1) is 17.8 Å². The highest BCUT2D eigenvalue weighted by molar-refractivity contribution is 6.38. The van der Waals surface area contributed by atoms with Crippen LogP contribution in [0.3, 0.4) is 0 Å². The van der Waals surface area contributed by atoms with Gasteiger partial charge < -0.3 is 35.6 Å². The summed E-state index contributed by atoms with van der Waals surface area (Å²) in [5.74, 6) is -4.93. The Bertz CT molecular complexity index is 1080. The van der Waals surface area contributed by atoms with Gasteiger partial charge in [-0.15, -0.1) is 0 Å². The molecule has 254 valence electrons. The van der Waals surface area contributed by atoms with Gasteiger partial charge >= 0.3 is 12.1 Å². The third-order valence-corrected chi connectivity index (χ3v) is 7.03. The van der Waals surface area contributed by atoms with Crippen LogP contribution in [0.4, 0.5) is 4.79 Å². The minimum absolute atomic E-state index is 0.0443. The number of hydrogen-bond donors (Lipinski definition) is 4. The topological polar surface area (TPSA) is 189 Å². The number of hydrogen-bond acceptors (Lipinski definition) is 9. The number of ether oxygens (including phenoxy) is 2. The van der Waals surface area contributed by atoms with Crippen molar-refractivity contribution < 1.29 is 43.0 Å². The van der Waals surface area contributed by atoms with Crippen molar-refractivity contribution >= 4 is 41.5 Å². The van der Waals surface area contributed by atoms with Crippen molar-refractivity contribution in [2.75, 3.05) is 26.3 Å². The average Bonchev–Trinajstić information content (AvgIpc) is 3.48. The van der Waals surface area contributed by atoms with E-state index in [1.54, 1.807) is 34.6 Å². The number of likely N-dealkylation sites (tertiary alicyclic amines) is 1. The summed E-state index contributed by atoms with van der Waals surface area (Å²) in [5.41, 5.74) is 0. The fourth-order valence-corrected chi connectivity index (χ4v) is 4.61. The Labute approximate surface area is 265 Å². The quantitative estimate of drug-likeness (QED) is 0.0973. The van der Waals surface area contributed by atoms with Crippen LogP contribution in [0.2, 0.25) is 0 Å². The largest absolute Gasteiger partial charge is 0.460 e. The van der Waals surface area contributed by atoms with E-state index in [1.165, 1.54) is 11.0 Å². The molecular weight excluding hydrogens is 586 g/mol. The molecule has 1 rings (SSSR count). The number of alkyl carbamates (subject to hydrolysis) is 1. The molecule has 5 amide bonds. The molecule has 1 aliphatic heterocycles. The molecule has 1 unspecified atom stereocenters. The van der Waals surface area contributed by atoms with Gasteiger partial charge in [-0.25, -0.2) is 4.79 Å². The SMILES string of the molecule is C=CCOC(=O)CNC(=O)C(=O)C(CCC)NC(=O)[C@@H]1CCCN1C(=O)[C@@H](NC(=O)[C@@H](NC(=O)OCC(C)C)C(C)C)C(C)C. The van der Waals surface area contributed by atoms with Crippen molar-refractivity contribution in [2.45, 2.75) is 98.3 Å². The lowest BCUT2D eigenvalue weighted by molar-refractivity contribution is -0.145. The molecule has 1 fully saturated rings. The summed E-state index contributed by atoms with van der Waals surface area (Å²) in [6, 6.07) is -4.06. The van der Waals surface area contributed by atoms with Crippen LogP contribution in [0.5, 0.6) is 0 Å². The third kappa shape index (κ3) is 12.9. The van der Waals surface area contributed by atoms with Gasteiger partial charge in [0.15, 0.2) is 0 Å². The fraction of sp³-hybridized carbons (Fsp3) is 0.710. The molecule has 0 aromatic heterocycles. The Morgan fingerprint density at radius 3 is 2.11 bits per heavy atom. The van der Waals surface area contributed by atoms with Gasteiger partial charge in [0, 0.05) is 6.54 Å². The third-order valence-electron chi connectivity index (χ3n) is 7.03. The van der Waals surface area contributed by atoms with Gasteiger partial charge in [0.2, 0.25) is 23.5 Å². The number of carbonyl (C=O) groups excluding carboxylic acids is 7. The van der Waals surface area contributed by atoms with Crippen LogP contribution in [0.1, 0.15) is 74.1 Å². The smallest absolute Gasteiger partial charge is 0.407 e. The molecule has 0 aromatic rings. The van der Waals surface area contributed by atoms with Crippen molar-refractivity contribution in [1.82, 2.24) is 26.2 Å². The van der Waals surface area contributed by atoms with Crippen LogP contribution < -0.4 is 21.3 Å². The predicted molar refractivity (Wildman–Crippen MR) is 165 cm³/mol. The Hall–Kier alpha value is -3.97. The molecule has 4 N–H and O–H groups in total. The van der Waals surface area contributed by atoms with Gasteiger partial charge in [-0.05, 0) is 37.0 Å². The normalized spacial score (nSPS) is 16.4. The molecule has 1 heterocycles. The van der Waals surface area contributed by atoms with Gasteiger partial charge in [0.1, 0.15) is 31.3 Å². The van der Waals surface area contributed by atoms with Crippen molar-refractivity contribution in [3.63, 3.8) is 0 Å². The zero-order chi connectivity index (χ0) is 34.3. The summed E-state index contributed by atoms with van der Waals surface area (Å²) in [5, 5.41) is 10.1. The fourth-order valence-electron chi connectivity index (χ4n) is 4.61. The Morgan fingerprint density at radius 1 is 0.911 bits per heavy atom. The van der Waals surface area contributed by atoms with Gasteiger partial charge in [-0.3, -0.25) is 28.8 Å². The molecule has 0 radical (unpaired) electrons. The van der Waals surface area contributed by atoms with E-state index in [-0.39, 0.29) is 43.9 Å². The first-order valence-corrected chi connectivity index (χ1v) is 15.6. The second-order valence-corrected chi connectivity index (χ2v) is 12.1. The van der Waals surface area contributed by atoms with Gasteiger partial charge in [-0.1, -0.05) is 67.5 Å². The molecule has 1 saturated heterocycles. The first-order chi connectivity index (χ1) is 21.1. The number of nitrogens with zero attached hydrogens (tertiary/aromatic N) is 1. The highest BCUT2D eigenvalue weighted by Gasteiger charge is 2.41. The standard InChI is InChI=1S/C31H51N5O9/c1-9-12-21(26(38)29(41)32-16-23(37)44-15-10-2)33-27(39)22-13-11-14-36(22)30(42)25(20(7)8)34-28(40)24(19(5)6)35-31(43)45-17-18(3)4/h10,18-22,24-25H,2,9,11-17H2,1,3-8H3,(H,32,41)(H,33,39)(H,34,40)(H,35,43)/t21?,22-,24-,25-/m0/s1. The highest BCUT2D eigenvalue weighted by Crippen LogP contribution is 2.21. The first kappa shape index (κ1) is 39.1. The van der Waals surface area contributed by atoms with E-state index in [0.717, 1.165) is 0 Å². The van der Waals surface area contributed by atoms with Crippen LogP contribution in [0.15, 0.2) is 12.7 Å². The zero-order valence-corrected chi connectivity index (χ0v) is 27.6. The minimum atomic E-state index is -1.17. The van der Waals surface area contributed by atoms with Crippen molar-refractivity contribution in [1.29, 1.82) is 0 Å². The van der Waals surface area contributed by atoms with E-state index in [9.17, 15) is 33.6 Å². The average molecular weight is 638 g/mol. The van der Waals surface area contributed by atoms with Crippen molar-refractivity contribution in [2.24, 2.45) is 17.8 Å². The lowest BCUT2D eigenvalue weighted by Gasteiger charge is -2.32. The van der Waals surface area contributed by atoms with Gasteiger partial charge in [0.25, 0.3) is 5.91 Å². The molecule has 14 heteroatoms. The molecule has 4 atom stereocenters. The monoisotopic (exact) mass is 637 g/mol. The maximum Gasteiger partial charge on any atom is 0.407 e. The summed E-state index contributed by atoms with van der Waals surface area (Å²) in [4.78, 5) is 91.0. The van der Waals surface area contributed by atoms with E-state index in [4.69, 9.17) is 9.47 Å². The summed E-state index contributed by atoms with van der Waals surface area (Å²) < 4.78 is 9.93. The van der Waals surface area contributed by atoms with Crippen LogP contribution >= 0.6 is 0 Å². The number of ketones is 1. The van der Waals surface area contributed by atoms with E-state index in [0.29, 0.717) is 19.3 Å². The summed E-state index contributed by atoms with van der Waals surface area (Å²) >= 11 is 0. The van der Waals surface area contributed by atoms with Gasteiger partial charge in [0.05, 0.1) is 12.6 Å². The zero-order valence-electron chi connectivity index (χ0n) is 27.6. The highest BCUT2D eigenvalue weighted by atomic mass is 16.5. The second kappa shape index (κ2) is 19.4. The molecule has 0 aromatic carbocycles. The molecule has 0 aliphatic carbocycles. The number of amides is 5. The lowest BCUT2D eigenvalue weighted by atomic mass is 9.99. The number of esters is 1. The van der Waals surface area contributed by atoms with Crippen LogP contribution in [-0.2, 0) is 38.2 Å².